The number of nitrogens with two attached hydrogens (primary N) is 1. The van der Waals surface area contributed by atoms with E-state index in [4.69, 9.17) is 28.9 Å². The number of anilines is 2. The number of carbonyl (C=O) groups excluding carboxylic acids is 1. The number of halogens is 2. The maximum absolute atomic E-state index is 11.9. The molecule has 0 aliphatic rings. The second-order valence-electron chi connectivity index (χ2n) is 3.41. The van der Waals surface area contributed by atoms with Gasteiger partial charge < -0.3 is 11.1 Å². The molecule has 0 bridgehead atoms. The lowest BCUT2D eigenvalue weighted by Gasteiger charge is -2.07. The zero-order valence-electron chi connectivity index (χ0n) is 9.02. The fourth-order valence-corrected chi connectivity index (χ4v) is 1.68. The lowest BCUT2D eigenvalue weighted by Crippen LogP contribution is -2.13. The van der Waals surface area contributed by atoms with E-state index < -0.39 is 0 Å². The molecule has 2 aromatic rings. The quantitative estimate of drug-likeness (QED) is 0.655. The maximum Gasteiger partial charge on any atom is 0.255 e. The van der Waals surface area contributed by atoms with Crippen molar-refractivity contribution in [1.29, 1.82) is 0 Å². The molecule has 0 saturated heterocycles. The van der Waals surface area contributed by atoms with Crippen molar-refractivity contribution < 1.29 is 4.79 Å². The van der Waals surface area contributed by atoms with E-state index in [1.165, 1.54) is 6.33 Å². The van der Waals surface area contributed by atoms with Gasteiger partial charge in [-0.05, 0) is 24.3 Å². The van der Waals surface area contributed by atoms with Crippen molar-refractivity contribution in [1.82, 2.24) is 9.97 Å². The predicted octanol–water partition coefficient (Wildman–Crippen LogP) is 2.62. The van der Waals surface area contributed by atoms with Gasteiger partial charge in [-0.25, -0.2) is 9.97 Å². The highest BCUT2D eigenvalue weighted by atomic mass is 35.5. The molecule has 0 radical (unpaired) electrons. The molecule has 0 aliphatic carbocycles. The Labute approximate surface area is 113 Å². The van der Waals surface area contributed by atoms with Gasteiger partial charge in [0.25, 0.3) is 5.91 Å². The van der Waals surface area contributed by atoms with Crippen LogP contribution in [0, 0.1) is 0 Å². The SMILES string of the molecule is Nc1ccc(C(=O)Nc2c(Cl)ncnc2Cl)cc1. The summed E-state index contributed by atoms with van der Waals surface area (Å²) < 4.78 is 0. The van der Waals surface area contributed by atoms with Gasteiger partial charge in [0.2, 0.25) is 0 Å². The van der Waals surface area contributed by atoms with Crippen LogP contribution in [0.25, 0.3) is 0 Å². The average molecular weight is 283 g/mol. The van der Waals surface area contributed by atoms with Crippen LogP contribution in [0.4, 0.5) is 11.4 Å². The summed E-state index contributed by atoms with van der Waals surface area (Å²) in [6.45, 7) is 0. The lowest BCUT2D eigenvalue weighted by atomic mass is 10.2. The summed E-state index contributed by atoms with van der Waals surface area (Å²) >= 11 is 11.6. The monoisotopic (exact) mass is 282 g/mol. The molecule has 2 rings (SSSR count). The Morgan fingerprint density at radius 3 is 2.22 bits per heavy atom. The minimum Gasteiger partial charge on any atom is -0.399 e. The molecule has 0 saturated carbocycles. The number of hydrogen-bond donors (Lipinski definition) is 2. The first-order chi connectivity index (χ1) is 8.58. The van der Waals surface area contributed by atoms with Crippen molar-refractivity contribution in [2.75, 3.05) is 11.1 Å². The number of amides is 1. The standard InChI is InChI=1S/C11H8Cl2N4O/c12-9-8(10(13)16-5-15-9)17-11(18)6-1-3-7(14)4-2-6/h1-5H,14H2,(H,17,18). The number of hydrogen-bond acceptors (Lipinski definition) is 4. The average Bonchev–Trinajstić information content (AvgIpc) is 2.34. The van der Waals surface area contributed by atoms with Crippen LogP contribution in [0.5, 0.6) is 0 Å². The molecule has 1 amide bonds. The third kappa shape index (κ3) is 2.69. The topological polar surface area (TPSA) is 80.9 Å². The van der Waals surface area contributed by atoms with Crippen LogP contribution >= 0.6 is 23.2 Å². The summed E-state index contributed by atoms with van der Waals surface area (Å²) in [6.07, 6.45) is 1.21. The Bertz CT molecular complexity index is 566. The summed E-state index contributed by atoms with van der Waals surface area (Å²) in [5.74, 6) is -0.367. The fourth-order valence-electron chi connectivity index (χ4n) is 1.27. The molecule has 0 fully saturated rings. The number of rotatable bonds is 2. The Kier molecular flexibility index (Phi) is 3.64. The van der Waals surface area contributed by atoms with Crippen molar-refractivity contribution in [3.8, 4) is 0 Å². The molecular formula is C11H8Cl2N4O. The second kappa shape index (κ2) is 5.20. The molecule has 92 valence electrons. The first-order valence-electron chi connectivity index (χ1n) is 4.91. The number of nitrogen functional groups attached to an aromatic ring is 1. The zero-order chi connectivity index (χ0) is 13.1. The molecule has 0 unspecified atom stereocenters. The molecule has 3 N–H and O–H groups in total. The molecule has 0 aliphatic heterocycles. The predicted molar refractivity (Wildman–Crippen MR) is 70.9 cm³/mol. The van der Waals surface area contributed by atoms with Crippen molar-refractivity contribution >= 4 is 40.5 Å². The highest BCUT2D eigenvalue weighted by Gasteiger charge is 2.12. The van der Waals surface area contributed by atoms with Crippen LogP contribution < -0.4 is 11.1 Å². The highest BCUT2D eigenvalue weighted by molar-refractivity contribution is 6.38. The third-order valence-electron chi connectivity index (χ3n) is 2.17. The van der Waals surface area contributed by atoms with Gasteiger partial charge in [0, 0.05) is 11.3 Å². The van der Waals surface area contributed by atoms with Gasteiger partial charge in [0.1, 0.15) is 12.0 Å². The van der Waals surface area contributed by atoms with Crippen molar-refractivity contribution in [3.63, 3.8) is 0 Å². The van der Waals surface area contributed by atoms with E-state index in [2.05, 4.69) is 15.3 Å². The minimum absolute atomic E-state index is 0.0822. The smallest absolute Gasteiger partial charge is 0.255 e. The Hall–Kier alpha value is -1.85. The third-order valence-corrected chi connectivity index (χ3v) is 2.74. The van der Waals surface area contributed by atoms with Gasteiger partial charge in [-0.15, -0.1) is 0 Å². The van der Waals surface area contributed by atoms with Gasteiger partial charge in [-0.3, -0.25) is 4.79 Å². The molecule has 1 aromatic carbocycles. The molecule has 18 heavy (non-hydrogen) atoms. The molecule has 1 aromatic heterocycles. The summed E-state index contributed by atoms with van der Waals surface area (Å²) in [4.78, 5) is 19.4. The Balaban J connectivity index is 2.24. The normalized spacial score (nSPS) is 10.1. The van der Waals surface area contributed by atoms with Crippen LogP contribution in [-0.4, -0.2) is 15.9 Å². The van der Waals surface area contributed by atoms with E-state index in [0.717, 1.165) is 0 Å². The number of nitrogens with one attached hydrogen (secondary N) is 1. The zero-order valence-corrected chi connectivity index (χ0v) is 10.5. The summed E-state index contributed by atoms with van der Waals surface area (Å²) in [7, 11) is 0. The van der Waals surface area contributed by atoms with Gasteiger partial charge >= 0.3 is 0 Å². The van der Waals surface area contributed by atoms with Gasteiger partial charge in [0.05, 0.1) is 0 Å². The summed E-state index contributed by atoms with van der Waals surface area (Å²) in [6, 6.07) is 6.44. The van der Waals surface area contributed by atoms with Crippen molar-refractivity contribution in [2.45, 2.75) is 0 Å². The van der Waals surface area contributed by atoms with E-state index in [1.807, 2.05) is 0 Å². The van der Waals surface area contributed by atoms with E-state index in [1.54, 1.807) is 24.3 Å². The Morgan fingerprint density at radius 1 is 1.11 bits per heavy atom. The largest absolute Gasteiger partial charge is 0.399 e. The highest BCUT2D eigenvalue weighted by Crippen LogP contribution is 2.26. The van der Waals surface area contributed by atoms with Gasteiger partial charge in [-0.2, -0.15) is 0 Å². The first kappa shape index (κ1) is 12.6. The molecule has 1 heterocycles. The molecular weight excluding hydrogens is 275 g/mol. The lowest BCUT2D eigenvalue weighted by molar-refractivity contribution is 0.102. The van der Waals surface area contributed by atoms with Crippen LogP contribution in [0.2, 0.25) is 10.3 Å². The van der Waals surface area contributed by atoms with Crippen LogP contribution in [0.3, 0.4) is 0 Å². The maximum atomic E-state index is 11.9. The fraction of sp³-hybridized carbons (Fsp3) is 0. The first-order valence-corrected chi connectivity index (χ1v) is 5.66. The van der Waals surface area contributed by atoms with Crippen LogP contribution in [-0.2, 0) is 0 Å². The second-order valence-corrected chi connectivity index (χ2v) is 4.12. The molecule has 5 nitrogen and oxygen atoms in total. The van der Waals surface area contributed by atoms with Crippen molar-refractivity contribution in [3.05, 3.63) is 46.5 Å². The summed E-state index contributed by atoms with van der Waals surface area (Å²) in [5, 5.41) is 2.71. The van der Waals surface area contributed by atoms with Gasteiger partial charge in [0.15, 0.2) is 10.3 Å². The minimum atomic E-state index is -0.367. The van der Waals surface area contributed by atoms with E-state index >= 15 is 0 Å². The number of nitrogens with zero attached hydrogens (tertiary/aromatic N) is 2. The number of aromatic nitrogens is 2. The van der Waals surface area contributed by atoms with E-state index in [9.17, 15) is 4.79 Å². The Morgan fingerprint density at radius 2 is 1.67 bits per heavy atom. The number of carbonyl (C=O) groups is 1. The molecule has 0 spiro atoms. The molecule has 7 heteroatoms. The van der Waals surface area contributed by atoms with Crippen molar-refractivity contribution in [2.24, 2.45) is 0 Å². The van der Waals surface area contributed by atoms with Crippen LogP contribution in [0.1, 0.15) is 10.4 Å². The van der Waals surface area contributed by atoms with Gasteiger partial charge in [-0.1, -0.05) is 23.2 Å². The van der Waals surface area contributed by atoms with Crippen LogP contribution in [0.15, 0.2) is 30.6 Å². The number of benzene rings is 1. The summed E-state index contributed by atoms with van der Waals surface area (Å²) in [5.41, 5.74) is 6.72. The van der Waals surface area contributed by atoms with E-state index in [-0.39, 0.29) is 21.9 Å². The van der Waals surface area contributed by atoms with E-state index in [0.29, 0.717) is 11.3 Å². The molecule has 0 atom stereocenters.